The average molecular weight is 422 g/mol. The Morgan fingerprint density at radius 2 is 2.00 bits per heavy atom. The van der Waals surface area contributed by atoms with Gasteiger partial charge < -0.3 is 19.2 Å². The van der Waals surface area contributed by atoms with Gasteiger partial charge >= 0.3 is 11.6 Å². The average Bonchev–Trinajstić information content (AvgIpc) is 3.21. The van der Waals surface area contributed by atoms with Crippen LogP contribution in [0.3, 0.4) is 0 Å². The number of hydrogen-bond donors (Lipinski definition) is 1. The Labute approximate surface area is 175 Å². The van der Waals surface area contributed by atoms with Gasteiger partial charge in [-0.3, -0.25) is 0 Å². The van der Waals surface area contributed by atoms with Crippen LogP contribution in [0.4, 0.5) is 10.8 Å². The fourth-order valence-electron chi connectivity index (χ4n) is 2.94. The van der Waals surface area contributed by atoms with Crippen molar-refractivity contribution in [3.05, 3.63) is 69.9 Å². The van der Waals surface area contributed by atoms with E-state index in [1.165, 1.54) is 18.4 Å². The molecule has 0 saturated heterocycles. The van der Waals surface area contributed by atoms with Gasteiger partial charge in [0.1, 0.15) is 0 Å². The molecule has 0 spiro atoms. The molecule has 4 aromatic rings. The minimum atomic E-state index is -0.484. The molecule has 0 aliphatic carbocycles. The van der Waals surface area contributed by atoms with Gasteiger partial charge in [0, 0.05) is 16.5 Å². The van der Waals surface area contributed by atoms with Crippen molar-refractivity contribution in [1.29, 1.82) is 0 Å². The molecule has 4 rings (SSSR count). The van der Waals surface area contributed by atoms with E-state index in [4.69, 9.17) is 13.9 Å². The maximum atomic E-state index is 12.5. The highest BCUT2D eigenvalue weighted by Crippen LogP contribution is 2.30. The number of benzene rings is 2. The van der Waals surface area contributed by atoms with E-state index in [0.29, 0.717) is 39.9 Å². The first-order valence-electron chi connectivity index (χ1n) is 9.20. The third-order valence-corrected chi connectivity index (χ3v) is 5.13. The van der Waals surface area contributed by atoms with Crippen molar-refractivity contribution < 1.29 is 18.7 Å². The van der Waals surface area contributed by atoms with Gasteiger partial charge in [-0.1, -0.05) is 12.1 Å². The highest BCUT2D eigenvalue weighted by atomic mass is 32.1. The lowest BCUT2D eigenvalue weighted by atomic mass is 10.1. The number of fused-ring (bicyclic) bond motifs is 1. The molecule has 2 aromatic carbocycles. The lowest BCUT2D eigenvalue weighted by Gasteiger charge is -2.05. The Bertz CT molecular complexity index is 1260. The van der Waals surface area contributed by atoms with Crippen LogP contribution < -0.4 is 15.7 Å². The van der Waals surface area contributed by atoms with Crippen molar-refractivity contribution >= 4 is 39.1 Å². The number of anilines is 2. The van der Waals surface area contributed by atoms with E-state index in [1.807, 2.05) is 12.1 Å². The Kier molecular flexibility index (Phi) is 5.49. The summed E-state index contributed by atoms with van der Waals surface area (Å²) in [5, 5.41) is 6.32. The number of methoxy groups -OCH3 is 1. The number of nitrogens with one attached hydrogen (secondary N) is 1. The molecule has 8 heteroatoms. The van der Waals surface area contributed by atoms with Crippen molar-refractivity contribution in [2.45, 2.75) is 6.92 Å². The third kappa shape index (κ3) is 3.90. The van der Waals surface area contributed by atoms with Crippen molar-refractivity contribution in [3.8, 4) is 17.0 Å². The number of esters is 1. The number of nitrogens with zero attached hydrogens (tertiary/aromatic N) is 1. The smallest absolute Gasteiger partial charge is 0.345 e. The number of carbonyl (C=O) groups is 1. The van der Waals surface area contributed by atoms with E-state index < -0.39 is 5.63 Å². The Morgan fingerprint density at radius 1 is 1.20 bits per heavy atom. The number of ether oxygens (including phenoxy) is 2. The molecule has 30 heavy (non-hydrogen) atoms. The minimum Gasteiger partial charge on any atom is -0.493 e. The van der Waals surface area contributed by atoms with Crippen LogP contribution in [0.1, 0.15) is 17.3 Å². The summed E-state index contributed by atoms with van der Waals surface area (Å²) >= 11 is 1.36. The molecule has 1 N–H and O–H groups in total. The summed E-state index contributed by atoms with van der Waals surface area (Å²) < 4.78 is 15.7. The summed E-state index contributed by atoms with van der Waals surface area (Å²) in [6.07, 6.45) is 0. The number of para-hydroxylation sites is 1. The second-order valence-electron chi connectivity index (χ2n) is 6.29. The van der Waals surface area contributed by atoms with Gasteiger partial charge in [0.2, 0.25) is 0 Å². The molecule has 0 amide bonds. The molecule has 0 radical (unpaired) electrons. The molecule has 0 saturated carbocycles. The Hall–Kier alpha value is -3.65. The number of aromatic nitrogens is 1. The zero-order chi connectivity index (χ0) is 21.1. The summed E-state index contributed by atoms with van der Waals surface area (Å²) in [5.74, 6) is 0.142. The van der Waals surface area contributed by atoms with Crippen molar-refractivity contribution in [2.75, 3.05) is 19.0 Å². The number of rotatable bonds is 6. The second kappa shape index (κ2) is 8.38. The first kappa shape index (κ1) is 19.7. The molecule has 7 nitrogen and oxygen atoms in total. The first-order valence-corrected chi connectivity index (χ1v) is 10.1. The topological polar surface area (TPSA) is 90.7 Å². The fourth-order valence-corrected chi connectivity index (χ4v) is 3.67. The van der Waals surface area contributed by atoms with E-state index in [0.717, 1.165) is 11.1 Å². The summed E-state index contributed by atoms with van der Waals surface area (Å²) in [4.78, 5) is 28.7. The van der Waals surface area contributed by atoms with E-state index in [1.54, 1.807) is 48.7 Å². The van der Waals surface area contributed by atoms with Crippen LogP contribution >= 0.6 is 11.3 Å². The molecule has 152 valence electrons. The molecule has 0 unspecified atom stereocenters. The van der Waals surface area contributed by atoms with E-state index in [9.17, 15) is 9.59 Å². The van der Waals surface area contributed by atoms with Crippen LogP contribution in [-0.2, 0) is 4.74 Å². The quantitative estimate of drug-likeness (QED) is 0.351. The lowest BCUT2D eigenvalue weighted by Crippen LogP contribution is -2.04. The van der Waals surface area contributed by atoms with Gasteiger partial charge in [0.25, 0.3) is 0 Å². The molecule has 2 aromatic heterocycles. The maximum Gasteiger partial charge on any atom is 0.345 e. The van der Waals surface area contributed by atoms with Gasteiger partial charge in [-0.15, -0.1) is 11.3 Å². The van der Waals surface area contributed by atoms with Crippen LogP contribution in [-0.4, -0.2) is 24.7 Å². The van der Waals surface area contributed by atoms with Crippen LogP contribution in [0.2, 0.25) is 0 Å². The van der Waals surface area contributed by atoms with Gasteiger partial charge in [0.05, 0.1) is 30.5 Å². The molecule has 0 aliphatic heterocycles. The monoisotopic (exact) mass is 422 g/mol. The summed E-state index contributed by atoms with van der Waals surface area (Å²) in [7, 11) is 1.53. The molecular weight excluding hydrogens is 404 g/mol. The van der Waals surface area contributed by atoms with Gasteiger partial charge in [-0.25, -0.2) is 14.6 Å². The predicted molar refractivity (Wildman–Crippen MR) is 116 cm³/mol. The number of thiazole rings is 1. The van der Waals surface area contributed by atoms with E-state index in [2.05, 4.69) is 10.3 Å². The van der Waals surface area contributed by atoms with E-state index >= 15 is 0 Å². The van der Waals surface area contributed by atoms with Gasteiger partial charge in [-0.05, 0) is 43.3 Å². The highest BCUT2D eigenvalue weighted by molar-refractivity contribution is 7.14. The van der Waals surface area contributed by atoms with Gasteiger partial charge in [-0.2, -0.15) is 0 Å². The van der Waals surface area contributed by atoms with Crippen LogP contribution in [0.15, 0.2) is 63.1 Å². The number of hydrogen-bond acceptors (Lipinski definition) is 8. The third-order valence-electron chi connectivity index (χ3n) is 4.37. The van der Waals surface area contributed by atoms with Crippen LogP contribution in [0.5, 0.6) is 5.75 Å². The molecule has 0 fully saturated rings. The van der Waals surface area contributed by atoms with Crippen molar-refractivity contribution in [1.82, 2.24) is 4.98 Å². The van der Waals surface area contributed by atoms with Crippen molar-refractivity contribution in [2.24, 2.45) is 0 Å². The SMILES string of the molecule is CCOC(=O)c1ccc(Nc2nc(-c3cc4cccc(OC)c4oc3=O)cs2)cc1. The summed E-state index contributed by atoms with van der Waals surface area (Å²) in [6.45, 7) is 2.09. The summed E-state index contributed by atoms with van der Waals surface area (Å²) in [6, 6.07) is 14.1. The zero-order valence-corrected chi connectivity index (χ0v) is 17.1. The van der Waals surface area contributed by atoms with Crippen molar-refractivity contribution in [3.63, 3.8) is 0 Å². The maximum absolute atomic E-state index is 12.5. The minimum absolute atomic E-state index is 0.330. The Balaban J connectivity index is 1.58. The number of carbonyl (C=O) groups excluding carboxylic acids is 1. The standard InChI is InChI=1S/C22H18N2O5S/c1-3-28-20(25)13-7-9-15(10-8-13)23-22-24-17(12-30-22)16-11-14-5-4-6-18(27-2)19(14)29-21(16)26/h4-12H,3H2,1-2H3,(H,23,24). The van der Waals surface area contributed by atoms with Gasteiger partial charge in [0.15, 0.2) is 16.5 Å². The lowest BCUT2D eigenvalue weighted by molar-refractivity contribution is 0.0526. The second-order valence-corrected chi connectivity index (χ2v) is 7.14. The molecule has 0 aliphatic rings. The predicted octanol–water partition coefficient (Wildman–Crippen LogP) is 4.85. The molecular formula is C22H18N2O5S. The van der Waals surface area contributed by atoms with Crippen LogP contribution in [0.25, 0.3) is 22.2 Å². The van der Waals surface area contributed by atoms with Crippen LogP contribution in [0, 0.1) is 0 Å². The zero-order valence-electron chi connectivity index (χ0n) is 16.3. The largest absolute Gasteiger partial charge is 0.493 e. The molecule has 0 bridgehead atoms. The fraction of sp³-hybridized carbons (Fsp3) is 0.136. The highest BCUT2D eigenvalue weighted by Gasteiger charge is 2.14. The Morgan fingerprint density at radius 3 is 2.73 bits per heavy atom. The first-order chi connectivity index (χ1) is 14.6. The normalized spacial score (nSPS) is 10.7. The molecule has 0 atom stereocenters. The van der Waals surface area contributed by atoms with E-state index in [-0.39, 0.29) is 5.97 Å². The molecule has 2 heterocycles. The summed E-state index contributed by atoms with van der Waals surface area (Å²) in [5.41, 5.74) is 2.05.